The van der Waals surface area contributed by atoms with Crippen LogP contribution in [0.2, 0.25) is 0 Å². The first-order valence-corrected chi connectivity index (χ1v) is 11.8. The van der Waals surface area contributed by atoms with Gasteiger partial charge in [0.25, 0.3) is 0 Å². The van der Waals surface area contributed by atoms with Gasteiger partial charge in [0.2, 0.25) is 11.8 Å². The number of nitrogens with zero attached hydrogens (tertiary/aromatic N) is 4. The Morgan fingerprint density at radius 2 is 2.03 bits per heavy atom. The maximum absolute atomic E-state index is 9.97. The molecule has 6 N–H and O–H groups in total. The Labute approximate surface area is 206 Å². The summed E-state index contributed by atoms with van der Waals surface area (Å²) < 4.78 is 19.1. The molecule has 1 fully saturated rings. The van der Waals surface area contributed by atoms with Crippen molar-refractivity contribution in [2.24, 2.45) is 0 Å². The third-order valence-corrected chi connectivity index (χ3v) is 6.64. The van der Waals surface area contributed by atoms with Crippen molar-refractivity contribution >= 4 is 44.4 Å². The highest BCUT2D eigenvalue weighted by molar-refractivity contribution is 9.10. The number of aliphatic hydroxyl groups is 4. The smallest absolute Gasteiger partial charge is 0.247 e. The van der Waals surface area contributed by atoms with Gasteiger partial charge in [0.05, 0.1) is 19.5 Å². The van der Waals surface area contributed by atoms with Crippen LogP contribution in [-0.2, 0) is 22.6 Å². The zero-order chi connectivity index (χ0) is 24.2. The van der Waals surface area contributed by atoms with E-state index in [1.165, 1.54) is 0 Å². The minimum Gasteiger partial charge on any atom is -0.470 e. The number of nitrogens with two attached hydrogens (primary N) is 1. The number of aliphatic hydroxyl groups excluding tert-OH is 4. The maximum atomic E-state index is 9.97. The minimum absolute atomic E-state index is 0.0375. The molecule has 0 spiro atoms. The van der Waals surface area contributed by atoms with Crippen molar-refractivity contribution < 1.29 is 34.6 Å². The molecule has 4 heterocycles. The second-order valence-corrected chi connectivity index (χ2v) is 9.22. The Bertz CT molecular complexity index is 1190. The lowest BCUT2D eigenvalue weighted by Gasteiger charge is -2.39. The number of ether oxygens (including phenoxy) is 3. The van der Waals surface area contributed by atoms with Gasteiger partial charge >= 0.3 is 0 Å². The van der Waals surface area contributed by atoms with Crippen molar-refractivity contribution in [3.63, 3.8) is 0 Å². The zero-order valence-corrected chi connectivity index (χ0v) is 20.0. The van der Waals surface area contributed by atoms with Gasteiger partial charge < -0.3 is 44.9 Å². The minimum atomic E-state index is -1.51. The van der Waals surface area contributed by atoms with Crippen LogP contribution < -0.4 is 10.5 Å². The second kappa shape index (κ2) is 10.9. The summed E-state index contributed by atoms with van der Waals surface area (Å²) in [6.07, 6.45) is -5.18. The third-order valence-electron chi connectivity index (χ3n) is 4.96. The fourth-order valence-electron chi connectivity index (χ4n) is 3.24. The Morgan fingerprint density at radius 1 is 1.21 bits per heavy atom. The number of hydrogen-bond acceptors (Lipinski definition) is 12. The van der Waals surface area contributed by atoms with Crippen molar-refractivity contribution in [1.29, 1.82) is 0 Å². The number of thiophene rings is 1. The van der Waals surface area contributed by atoms with Crippen LogP contribution in [0.5, 0.6) is 5.88 Å². The van der Waals surface area contributed by atoms with Gasteiger partial charge in [-0.25, -0.2) is 4.98 Å². The third kappa shape index (κ3) is 5.48. The predicted octanol–water partition coefficient (Wildman–Crippen LogP) is -0.369. The van der Waals surface area contributed by atoms with E-state index < -0.39 is 37.3 Å². The average molecular weight is 556 g/mol. The van der Waals surface area contributed by atoms with E-state index in [-0.39, 0.29) is 25.0 Å². The topological polar surface area (TPSA) is 178 Å². The quantitative estimate of drug-likeness (QED) is 0.240. The molecule has 0 saturated carbocycles. The number of rotatable bonds is 7. The summed E-state index contributed by atoms with van der Waals surface area (Å²) in [7, 11) is 0. The highest BCUT2D eigenvalue weighted by Gasteiger charge is 2.43. The van der Waals surface area contributed by atoms with Gasteiger partial charge in [0.15, 0.2) is 17.5 Å². The van der Waals surface area contributed by atoms with Gasteiger partial charge in [-0.2, -0.15) is 9.97 Å². The Hall–Kier alpha value is -2.35. The van der Waals surface area contributed by atoms with E-state index in [1.807, 2.05) is 11.4 Å². The van der Waals surface area contributed by atoms with Gasteiger partial charge in [0.1, 0.15) is 37.6 Å². The molecular weight excluding hydrogens is 534 g/mol. The van der Waals surface area contributed by atoms with Crippen molar-refractivity contribution in [3.05, 3.63) is 27.1 Å². The predicted molar refractivity (Wildman–Crippen MR) is 124 cm³/mol. The summed E-state index contributed by atoms with van der Waals surface area (Å²) in [5.74, 6) is 5.95. The average Bonchev–Trinajstić information content (AvgIpc) is 3.43. The molecule has 14 heteroatoms. The van der Waals surface area contributed by atoms with E-state index in [0.29, 0.717) is 17.8 Å². The van der Waals surface area contributed by atoms with Gasteiger partial charge in [-0.3, -0.25) is 0 Å². The monoisotopic (exact) mass is 555 g/mol. The van der Waals surface area contributed by atoms with Crippen LogP contribution >= 0.6 is 27.3 Å². The molecule has 0 bridgehead atoms. The summed E-state index contributed by atoms with van der Waals surface area (Å²) in [4.78, 5) is 13.7. The van der Waals surface area contributed by atoms with E-state index in [0.717, 1.165) is 9.35 Å². The van der Waals surface area contributed by atoms with E-state index in [9.17, 15) is 20.4 Å². The fraction of sp³-hybridized carbons (Fsp3) is 0.450. The number of hydrogen-bond donors (Lipinski definition) is 5. The highest BCUT2D eigenvalue weighted by atomic mass is 79.9. The number of anilines is 1. The second-order valence-electron chi connectivity index (χ2n) is 7.31. The number of fused-ring (bicyclic) bond motifs is 1. The molecular formula is C20H22BrN5O7S. The lowest BCUT2D eigenvalue weighted by atomic mass is 9.99. The number of nitrogen functional groups attached to an aromatic ring is 1. The molecule has 1 aliphatic rings. The summed E-state index contributed by atoms with van der Waals surface area (Å²) in [5.41, 5.74) is 6.75. The van der Waals surface area contributed by atoms with Crippen molar-refractivity contribution in [2.45, 2.75) is 43.9 Å². The Kier molecular flexibility index (Phi) is 7.96. The normalized spacial score (nSPS) is 24.7. The fourth-order valence-corrected chi connectivity index (χ4v) is 4.60. The van der Waals surface area contributed by atoms with Crippen LogP contribution in [0.15, 0.2) is 22.2 Å². The molecule has 1 aliphatic heterocycles. The Balaban J connectivity index is 1.37. The van der Waals surface area contributed by atoms with Crippen molar-refractivity contribution in [2.75, 3.05) is 18.9 Å². The highest BCUT2D eigenvalue weighted by Crippen LogP contribution is 2.25. The SMILES string of the molecule is Nc1nc(OCc2cc(Br)cs2)c2ncn(CC#CCO[C@@H]3O[C@H](CO)[C@@H](O)[C@H](O)[C@H]3O)c2n1. The van der Waals surface area contributed by atoms with Crippen LogP contribution in [0.1, 0.15) is 4.88 Å². The zero-order valence-electron chi connectivity index (χ0n) is 17.6. The summed E-state index contributed by atoms with van der Waals surface area (Å²) in [5, 5.41) is 40.7. The van der Waals surface area contributed by atoms with Crippen molar-refractivity contribution in [1.82, 2.24) is 19.5 Å². The van der Waals surface area contributed by atoms with Gasteiger partial charge in [-0.1, -0.05) is 11.8 Å². The summed E-state index contributed by atoms with van der Waals surface area (Å²) >= 11 is 4.95. The first-order valence-electron chi connectivity index (χ1n) is 10.1. The number of aromatic nitrogens is 4. The molecule has 0 aromatic carbocycles. The van der Waals surface area contributed by atoms with Crippen LogP contribution in [0.4, 0.5) is 5.95 Å². The molecule has 0 unspecified atom stereocenters. The lowest BCUT2D eigenvalue weighted by Crippen LogP contribution is -2.59. The molecule has 4 rings (SSSR count). The first kappa shape index (κ1) is 24.8. The number of halogens is 1. The number of imidazole rings is 1. The molecule has 0 amide bonds. The molecule has 12 nitrogen and oxygen atoms in total. The first-order chi connectivity index (χ1) is 16.4. The molecule has 3 aromatic rings. The van der Waals surface area contributed by atoms with E-state index in [1.54, 1.807) is 22.2 Å². The molecule has 0 radical (unpaired) electrons. The molecule has 182 valence electrons. The summed E-state index contributed by atoms with van der Waals surface area (Å²) in [6, 6.07) is 1.95. The standard InChI is InChI=1S/C20H22BrN5O7S/c21-10-5-11(34-8-10)7-32-18-13-17(24-20(22)25-18)26(9-23-13)3-1-2-4-31-19-16(30)15(29)14(28)12(6-27)33-19/h5,8-9,12,14-16,19,27-30H,3-4,6-7H2,(H2,22,24,25)/t12-,14-,15+,16-,19-/m1/s1. The van der Waals surface area contributed by atoms with Gasteiger partial charge in [-0.15, -0.1) is 11.3 Å². The molecule has 1 saturated heterocycles. The van der Waals surface area contributed by atoms with Crippen LogP contribution in [0, 0.1) is 11.8 Å². The van der Waals surface area contributed by atoms with Crippen molar-refractivity contribution in [3.8, 4) is 17.7 Å². The molecule has 3 aromatic heterocycles. The van der Waals surface area contributed by atoms with E-state index >= 15 is 0 Å². The Morgan fingerprint density at radius 3 is 2.76 bits per heavy atom. The van der Waals surface area contributed by atoms with E-state index in [4.69, 9.17) is 19.9 Å². The molecule has 34 heavy (non-hydrogen) atoms. The lowest BCUT2D eigenvalue weighted by molar-refractivity contribution is -0.298. The van der Waals surface area contributed by atoms with Crippen LogP contribution in [0.25, 0.3) is 11.2 Å². The van der Waals surface area contributed by atoms with E-state index in [2.05, 4.69) is 42.7 Å². The van der Waals surface area contributed by atoms with Crippen LogP contribution in [-0.4, -0.2) is 83.9 Å². The summed E-state index contributed by atoms with van der Waals surface area (Å²) in [6.45, 7) is -0.144. The molecule has 0 aliphatic carbocycles. The maximum Gasteiger partial charge on any atom is 0.247 e. The van der Waals surface area contributed by atoms with Gasteiger partial charge in [0, 0.05) is 14.7 Å². The van der Waals surface area contributed by atoms with Gasteiger partial charge in [-0.05, 0) is 22.0 Å². The molecule has 5 atom stereocenters. The van der Waals surface area contributed by atoms with Crippen LogP contribution in [0.3, 0.4) is 0 Å². The largest absolute Gasteiger partial charge is 0.470 e.